The quantitative estimate of drug-likeness (QED) is 0.676. The Morgan fingerprint density at radius 3 is 2.52 bits per heavy atom. The Balaban J connectivity index is 2.16. The van der Waals surface area contributed by atoms with E-state index in [-0.39, 0.29) is 24.1 Å². The van der Waals surface area contributed by atoms with Crippen molar-refractivity contribution < 1.29 is 19.6 Å². The number of aliphatic carboxylic acids is 1. The van der Waals surface area contributed by atoms with Crippen molar-refractivity contribution in [3.63, 3.8) is 0 Å². The van der Waals surface area contributed by atoms with Crippen LogP contribution in [0, 0.1) is 10.1 Å². The zero-order chi connectivity index (χ0) is 15.4. The topological polar surface area (TPSA) is 101 Å². The van der Waals surface area contributed by atoms with Crippen LogP contribution in [0.15, 0.2) is 24.3 Å². The molecule has 0 bridgehead atoms. The lowest BCUT2D eigenvalue weighted by atomic mass is 9.98. The van der Waals surface area contributed by atoms with Gasteiger partial charge in [-0.1, -0.05) is 0 Å². The minimum atomic E-state index is -0.927. The van der Waals surface area contributed by atoms with Crippen LogP contribution in [0.3, 0.4) is 0 Å². The molecule has 21 heavy (non-hydrogen) atoms. The Bertz CT molecular complexity index is 555. The maximum atomic E-state index is 12.4. The number of nitro groups is 1. The maximum Gasteiger partial charge on any atom is 0.305 e. The molecule has 2 rings (SSSR count). The molecule has 1 N–H and O–H groups in total. The molecule has 1 saturated heterocycles. The maximum absolute atomic E-state index is 12.4. The van der Waals surface area contributed by atoms with Crippen LogP contribution in [0.5, 0.6) is 0 Å². The lowest BCUT2D eigenvalue weighted by molar-refractivity contribution is -0.384. The SMILES string of the molecule is O=C(O)CC1CCCCN1C(=O)c1ccc([N+](=O)[O-])cc1. The van der Waals surface area contributed by atoms with Crippen molar-refractivity contribution in [2.45, 2.75) is 31.7 Å². The fraction of sp³-hybridized carbons (Fsp3) is 0.429. The number of hydrogen-bond acceptors (Lipinski definition) is 4. The second-order valence-corrected chi connectivity index (χ2v) is 5.05. The third kappa shape index (κ3) is 3.56. The van der Waals surface area contributed by atoms with Crippen LogP contribution in [0.25, 0.3) is 0 Å². The molecule has 0 saturated carbocycles. The highest BCUT2D eigenvalue weighted by Crippen LogP contribution is 2.23. The number of nitro benzene ring substituents is 1. The standard InChI is InChI=1S/C14H16N2O5/c17-13(18)9-12-3-1-2-8-15(12)14(19)10-4-6-11(7-5-10)16(20)21/h4-7,12H,1-3,8-9H2,(H,17,18). The number of hydrogen-bond donors (Lipinski definition) is 1. The Kier molecular flexibility index (Phi) is 4.52. The molecule has 0 spiro atoms. The minimum Gasteiger partial charge on any atom is -0.481 e. The Labute approximate surface area is 121 Å². The molecule has 1 amide bonds. The predicted molar refractivity (Wildman–Crippen MR) is 74.0 cm³/mol. The summed E-state index contributed by atoms with van der Waals surface area (Å²) in [5.74, 6) is -1.20. The van der Waals surface area contributed by atoms with E-state index in [9.17, 15) is 19.7 Å². The molecule has 1 fully saturated rings. The predicted octanol–water partition coefficient (Wildman–Crippen LogP) is 2.06. The van der Waals surface area contributed by atoms with Gasteiger partial charge >= 0.3 is 5.97 Å². The molecule has 0 radical (unpaired) electrons. The highest BCUT2D eigenvalue weighted by Gasteiger charge is 2.29. The summed E-state index contributed by atoms with van der Waals surface area (Å²) in [6.45, 7) is 0.522. The van der Waals surface area contributed by atoms with Crippen LogP contribution >= 0.6 is 0 Å². The van der Waals surface area contributed by atoms with E-state index >= 15 is 0 Å². The van der Waals surface area contributed by atoms with Crippen molar-refractivity contribution in [1.82, 2.24) is 4.90 Å². The Morgan fingerprint density at radius 2 is 1.95 bits per heavy atom. The molecule has 112 valence electrons. The molecule has 7 nitrogen and oxygen atoms in total. The first kappa shape index (κ1) is 15.0. The second-order valence-electron chi connectivity index (χ2n) is 5.05. The number of non-ortho nitro benzene ring substituents is 1. The van der Waals surface area contributed by atoms with E-state index in [1.54, 1.807) is 4.90 Å². The Hall–Kier alpha value is -2.44. The number of benzene rings is 1. The van der Waals surface area contributed by atoms with Gasteiger partial charge in [-0.3, -0.25) is 19.7 Å². The lowest BCUT2D eigenvalue weighted by Gasteiger charge is -2.35. The van der Waals surface area contributed by atoms with Gasteiger partial charge in [0.2, 0.25) is 0 Å². The van der Waals surface area contributed by atoms with Gasteiger partial charge in [0.25, 0.3) is 11.6 Å². The molecule has 1 unspecified atom stereocenters. The number of amides is 1. The third-order valence-electron chi connectivity index (χ3n) is 3.62. The average Bonchev–Trinajstić information content (AvgIpc) is 2.46. The number of carboxylic acid groups (broad SMARTS) is 1. The van der Waals surface area contributed by atoms with Crippen LogP contribution in [-0.4, -0.2) is 39.4 Å². The van der Waals surface area contributed by atoms with Gasteiger partial charge in [0, 0.05) is 30.3 Å². The smallest absolute Gasteiger partial charge is 0.305 e. The van der Waals surface area contributed by atoms with Crippen LogP contribution in [0.2, 0.25) is 0 Å². The van der Waals surface area contributed by atoms with E-state index < -0.39 is 10.9 Å². The monoisotopic (exact) mass is 292 g/mol. The summed E-state index contributed by atoms with van der Waals surface area (Å²) in [4.78, 5) is 35.0. The summed E-state index contributed by atoms with van der Waals surface area (Å²) in [5.41, 5.74) is 0.269. The summed E-state index contributed by atoms with van der Waals surface area (Å²) >= 11 is 0. The van der Waals surface area contributed by atoms with Crippen molar-refractivity contribution >= 4 is 17.6 Å². The number of piperidine rings is 1. The summed E-state index contributed by atoms with van der Waals surface area (Å²) in [5, 5.41) is 19.5. The molecule has 1 heterocycles. The zero-order valence-corrected chi connectivity index (χ0v) is 11.4. The molecule has 1 atom stereocenters. The fourth-order valence-electron chi connectivity index (χ4n) is 2.57. The van der Waals surface area contributed by atoms with E-state index in [1.165, 1.54) is 24.3 Å². The number of likely N-dealkylation sites (tertiary alicyclic amines) is 1. The zero-order valence-electron chi connectivity index (χ0n) is 11.4. The fourth-order valence-corrected chi connectivity index (χ4v) is 2.57. The number of carbonyl (C=O) groups excluding carboxylic acids is 1. The molecule has 1 aliphatic rings. The van der Waals surface area contributed by atoms with Gasteiger partial charge in [0.15, 0.2) is 0 Å². The van der Waals surface area contributed by atoms with E-state index in [0.717, 1.165) is 12.8 Å². The largest absolute Gasteiger partial charge is 0.481 e. The number of carboxylic acids is 1. The average molecular weight is 292 g/mol. The van der Waals surface area contributed by atoms with Crippen molar-refractivity contribution in [2.75, 3.05) is 6.54 Å². The lowest BCUT2D eigenvalue weighted by Crippen LogP contribution is -2.44. The Morgan fingerprint density at radius 1 is 1.29 bits per heavy atom. The third-order valence-corrected chi connectivity index (χ3v) is 3.62. The van der Waals surface area contributed by atoms with E-state index in [2.05, 4.69) is 0 Å². The molecular formula is C14H16N2O5. The summed E-state index contributed by atoms with van der Waals surface area (Å²) in [6.07, 6.45) is 2.35. The molecule has 1 aliphatic heterocycles. The molecular weight excluding hydrogens is 276 g/mol. The molecule has 0 aromatic heterocycles. The first-order valence-corrected chi connectivity index (χ1v) is 6.76. The van der Waals surface area contributed by atoms with Gasteiger partial charge < -0.3 is 10.0 Å². The highest BCUT2D eigenvalue weighted by molar-refractivity contribution is 5.95. The summed E-state index contributed by atoms with van der Waals surface area (Å²) in [6, 6.07) is 5.07. The van der Waals surface area contributed by atoms with Crippen molar-refractivity contribution in [2.24, 2.45) is 0 Å². The van der Waals surface area contributed by atoms with E-state index in [0.29, 0.717) is 18.5 Å². The van der Waals surface area contributed by atoms with Crippen LogP contribution in [-0.2, 0) is 4.79 Å². The van der Waals surface area contributed by atoms with Gasteiger partial charge in [-0.05, 0) is 31.4 Å². The number of nitrogens with zero attached hydrogens (tertiary/aromatic N) is 2. The first-order valence-electron chi connectivity index (χ1n) is 6.76. The molecule has 1 aromatic carbocycles. The van der Waals surface area contributed by atoms with Gasteiger partial charge in [-0.15, -0.1) is 0 Å². The second kappa shape index (κ2) is 6.34. The summed E-state index contributed by atoms with van der Waals surface area (Å²) in [7, 11) is 0. The number of carbonyl (C=O) groups is 2. The van der Waals surface area contributed by atoms with Crippen molar-refractivity contribution in [3.8, 4) is 0 Å². The van der Waals surface area contributed by atoms with Gasteiger partial charge in [-0.25, -0.2) is 0 Å². The number of rotatable bonds is 4. The van der Waals surface area contributed by atoms with Crippen LogP contribution < -0.4 is 0 Å². The molecule has 1 aromatic rings. The van der Waals surface area contributed by atoms with Crippen LogP contribution in [0.4, 0.5) is 5.69 Å². The van der Waals surface area contributed by atoms with E-state index in [1.807, 2.05) is 0 Å². The molecule has 0 aliphatic carbocycles. The van der Waals surface area contributed by atoms with Crippen molar-refractivity contribution in [3.05, 3.63) is 39.9 Å². The normalized spacial score (nSPS) is 18.3. The van der Waals surface area contributed by atoms with Crippen molar-refractivity contribution in [1.29, 1.82) is 0 Å². The molecule has 7 heteroatoms. The van der Waals surface area contributed by atoms with Gasteiger partial charge in [0.1, 0.15) is 0 Å². The van der Waals surface area contributed by atoms with E-state index in [4.69, 9.17) is 5.11 Å². The summed E-state index contributed by atoms with van der Waals surface area (Å²) < 4.78 is 0. The van der Waals surface area contributed by atoms with Gasteiger partial charge in [0.05, 0.1) is 11.3 Å². The van der Waals surface area contributed by atoms with Crippen LogP contribution in [0.1, 0.15) is 36.0 Å². The first-order chi connectivity index (χ1) is 9.99. The van der Waals surface area contributed by atoms with Gasteiger partial charge in [-0.2, -0.15) is 0 Å². The highest BCUT2D eigenvalue weighted by atomic mass is 16.6. The minimum absolute atomic E-state index is 0.0707.